The fourth-order valence-electron chi connectivity index (χ4n) is 3.95. The summed E-state index contributed by atoms with van der Waals surface area (Å²) in [6.45, 7) is 0. The number of benzene rings is 2. The highest BCUT2D eigenvalue weighted by Crippen LogP contribution is 2.51. The summed E-state index contributed by atoms with van der Waals surface area (Å²) in [6, 6.07) is 11.2. The summed E-state index contributed by atoms with van der Waals surface area (Å²) < 4.78 is 6.57. The molecule has 1 N–H and O–H groups in total. The predicted molar refractivity (Wildman–Crippen MR) is 100 cm³/mol. The van der Waals surface area contributed by atoms with Crippen molar-refractivity contribution in [2.45, 2.75) is 18.4 Å². The first-order valence-electron chi connectivity index (χ1n) is 8.13. The Morgan fingerprint density at radius 3 is 2.84 bits per heavy atom. The Labute approximate surface area is 154 Å². The van der Waals surface area contributed by atoms with E-state index in [0.717, 1.165) is 33.5 Å². The van der Waals surface area contributed by atoms with Crippen LogP contribution in [0.4, 0.5) is 11.4 Å². The third-order valence-corrected chi connectivity index (χ3v) is 5.58. The lowest BCUT2D eigenvalue weighted by molar-refractivity contribution is -0.384. The molecule has 128 valence electrons. The molecule has 0 saturated carbocycles. The summed E-state index contributed by atoms with van der Waals surface area (Å²) in [7, 11) is 1.68. The number of hydrogen-bond donors (Lipinski definition) is 1. The van der Waals surface area contributed by atoms with E-state index in [0.29, 0.717) is 5.92 Å². The summed E-state index contributed by atoms with van der Waals surface area (Å²) in [5, 5.41) is 14.7. The molecule has 0 radical (unpaired) electrons. The lowest BCUT2D eigenvalue weighted by Gasteiger charge is -2.37. The molecule has 6 heteroatoms. The molecule has 0 saturated heterocycles. The summed E-state index contributed by atoms with van der Waals surface area (Å²) in [6.07, 6.45) is 5.27. The molecule has 0 spiro atoms. The molecule has 1 aliphatic heterocycles. The predicted octanol–water partition coefficient (Wildman–Crippen LogP) is 5.19. The Kier molecular flexibility index (Phi) is 4.00. The Hall–Kier alpha value is -2.34. The molecule has 0 unspecified atom stereocenters. The van der Waals surface area contributed by atoms with Gasteiger partial charge in [-0.3, -0.25) is 10.1 Å². The van der Waals surface area contributed by atoms with Gasteiger partial charge in [-0.25, -0.2) is 0 Å². The first-order chi connectivity index (χ1) is 12.1. The van der Waals surface area contributed by atoms with Gasteiger partial charge in [-0.15, -0.1) is 0 Å². The van der Waals surface area contributed by atoms with E-state index >= 15 is 0 Å². The number of fused-ring (bicyclic) bond motifs is 3. The van der Waals surface area contributed by atoms with E-state index < -0.39 is 0 Å². The minimum atomic E-state index is -0.336. The van der Waals surface area contributed by atoms with Crippen molar-refractivity contribution in [1.82, 2.24) is 0 Å². The van der Waals surface area contributed by atoms with Gasteiger partial charge in [-0.1, -0.05) is 28.1 Å². The third-order valence-electron chi connectivity index (χ3n) is 5.08. The normalized spacial score (nSPS) is 23.5. The number of halogens is 1. The van der Waals surface area contributed by atoms with Crippen LogP contribution in [0.15, 0.2) is 53.0 Å². The highest BCUT2D eigenvalue weighted by Gasteiger charge is 2.39. The Morgan fingerprint density at radius 2 is 2.08 bits per heavy atom. The van der Waals surface area contributed by atoms with Gasteiger partial charge >= 0.3 is 0 Å². The van der Waals surface area contributed by atoms with Crippen LogP contribution in [0, 0.1) is 16.0 Å². The molecule has 25 heavy (non-hydrogen) atoms. The van der Waals surface area contributed by atoms with Crippen molar-refractivity contribution < 1.29 is 9.66 Å². The van der Waals surface area contributed by atoms with Gasteiger partial charge in [-0.05, 0) is 42.2 Å². The van der Waals surface area contributed by atoms with Crippen molar-refractivity contribution in [2.75, 3.05) is 12.4 Å². The van der Waals surface area contributed by atoms with Gasteiger partial charge in [0.15, 0.2) is 0 Å². The molecule has 0 amide bonds. The zero-order chi connectivity index (χ0) is 17.6. The van der Waals surface area contributed by atoms with Gasteiger partial charge in [-0.2, -0.15) is 0 Å². The highest BCUT2D eigenvalue weighted by atomic mass is 79.9. The van der Waals surface area contributed by atoms with Crippen LogP contribution in [0.3, 0.4) is 0 Å². The molecule has 2 aromatic rings. The van der Waals surface area contributed by atoms with Crippen molar-refractivity contribution in [2.24, 2.45) is 5.92 Å². The van der Waals surface area contributed by atoms with Gasteiger partial charge in [0.05, 0.1) is 18.1 Å². The Bertz CT molecular complexity index is 881. The molecule has 1 heterocycles. The maximum atomic E-state index is 11.1. The molecule has 3 atom stereocenters. The highest BCUT2D eigenvalue weighted by molar-refractivity contribution is 9.10. The van der Waals surface area contributed by atoms with Crippen molar-refractivity contribution in [1.29, 1.82) is 0 Å². The molecule has 0 fully saturated rings. The second kappa shape index (κ2) is 6.19. The van der Waals surface area contributed by atoms with E-state index in [9.17, 15) is 10.1 Å². The first kappa shape index (κ1) is 16.1. The van der Waals surface area contributed by atoms with Crippen molar-refractivity contribution in [3.8, 4) is 5.75 Å². The molecule has 2 aromatic carbocycles. The quantitative estimate of drug-likeness (QED) is 0.437. The number of methoxy groups -OCH3 is 1. The second-order valence-electron chi connectivity index (χ2n) is 6.39. The van der Waals surface area contributed by atoms with Crippen LogP contribution in [-0.4, -0.2) is 12.0 Å². The van der Waals surface area contributed by atoms with Gasteiger partial charge in [0.1, 0.15) is 5.75 Å². The van der Waals surface area contributed by atoms with Crippen LogP contribution in [0.5, 0.6) is 5.75 Å². The number of allylic oxidation sites excluding steroid dienone is 2. The number of nitrogens with zero attached hydrogens (tertiary/aromatic N) is 1. The van der Waals surface area contributed by atoms with Crippen molar-refractivity contribution in [3.05, 3.63) is 74.3 Å². The van der Waals surface area contributed by atoms with Gasteiger partial charge in [0.2, 0.25) is 0 Å². The lowest BCUT2D eigenvalue weighted by Crippen LogP contribution is -2.29. The van der Waals surface area contributed by atoms with Crippen molar-refractivity contribution in [3.63, 3.8) is 0 Å². The largest absolute Gasteiger partial charge is 0.496 e. The fraction of sp³-hybridized carbons (Fsp3) is 0.263. The van der Waals surface area contributed by atoms with E-state index in [4.69, 9.17) is 4.74 Å². The average molecular weight is 401 g/mol. The summed E-state index contributed by atoms with van der Waals surface area (Å²) >= 11 is 3.55. The zero-order valence-electron chi connectivity index (χ0n) is 13.6. The molecule has 1 aliphatic carbocycles. The SMILES string of the molecule is COc1ccc(Br)cc1[C@H]1Nc2ccc([N+](=O)[O-])cc2[C@@H]2C=CC[C@@H]12. The Morgan fingerprint density at radius 1 is 1.24 bits per heavy atom. The van der Waals surface area contributed by atoms with E-state index in [-0.39, 0.29) is 22.6 Å². The monoisotopic (exact) mass is 400 g/mol. The van der Waals surface area contributed by atoms with Crippen LogP contribution in [0.2, 0.25) is 0 Å². The van der Waals surface area contributed by atoms with Crippen molar-refractivity contribution >= 4 is 27.3 Å². The van der Waals surface area contributed by atoms with E-state index in [1.165, 1.54) is 0 Å². The van der Waals surface area contributed by atoms with Crippen LogP contribution < -0.4 is 10.1 Å². The summed E-state index contributed by atoms with van der Waals surface area (Å²) in [5.41, 5.74) is 3.18. The number of hydrogen-bond acceptors (Lipinski definition) is 4. The van der Waals surface area contributed by atoms with Gasteiger partial charge < -0.3 is 10.1 Å². The summed E-state index contributed by atoms with van der Waals surface area (Å²) in [5.74, 6) is 1.32. The number of anilines is 1. The number of nitrogens with one attached hydrogen (secondary N) is 1. The Balaban J connectivity index is 1.81. The number of ether oxygens (including phenoxy) is 1. The van der Waals surface area contributed by atoms with Crippen LogP contribution in [0.1, 0.15) is 29.5 Å². The summed E-state index contributed by atoms with van der Waals surface area (Å²) in [4.78, 5) is 10.8. The second-order valence-corrected chi connectivity index (χ2v) is 7.31. The number of rotatable bonds is 3. The maximum Gasteiger partial charge on any atom is 0.269 e. The lowest BCUT2D eigenvalue weighted by atomic mass is 9.76. The van der Waals surface area contributed by atoms with E-state index in [2.05, 4.69) is 39.5 Å². The molecular formula is C19H17BrN2O3. The van der Waals surface area contributed by atoms with Crippen LogP contribution in [-0.2, 0) is 0 Å². The molecular weight excluding hydrogens is 384 g/mol. The number of nitro benzene ring substituents is 1. The molecule has 4 rings (SSSR count). The minimum Gasteiger partial charge on any atom is -0.496 e. The fourth-order valence-corrected chi connectivity index (χ4v) is 4.33. The van der Waals surface area contributed by atoms with E-state index in [1.54, 1.807) is 19.2 Å². The van der Waals surface area contributed by atoms with Gasteiger partial charge in [0.25, 0.3) is 5.69 Å². The first-order valence-corrected chi connectivity index (χ1v) is 8.93. The standard InChI is InChI=1S/C19H17BrN2O3/c1-25-18-8-5-11(20)9-16(18)19-14-4-2-3-13(14)15-10-12(22(23)24)6-7-17(15)21-19/h2-3,5-10,13-14,19,21H,4H2,1H3/t13-,14-,19+/m1/s1. The average Bonchev–Trinajstić information content (AvgIpc) is 3.10. The van der Waals surface area contributed by atoms with E-state index in [1.807, 2.05) is 18.2 Å². The van der Waals surface area contributed by atoms with Gasteiger partial charge in [0, 0.05) is 33.8 Å². The minimum absolute atomic E-state index is 0.0846. The molecule has 0 aromatic heterocycles. The third kappa shape index (κ3) is 2.70. The zero-order valence-corrected chi connectivity index (χ0v) is 15.2. The number of nitro groups is 1. The smallest absolute Gasteiger partial charge is 0.269 e. The molecule has 0 bridgehead atoms. The number of non-ortho nitro benzene ring substituents is 1. The van der Waals surface area contributed by atoms with Crippen LogP contribution in [0.25, 0.3) is 0 Å². The topological polar surface area (TPSA) is 64.4 Å². The van der Waals surface area contributed by atoms with Crippen LogP contribution >= 0.6 is 15.9 Å². The molecule has 2 aliphatic rings. The molecule has 5 nitrogen and oxygen atoms in total. The maximum absolute atomic E-state index is 11.1.